The lowest BCUT2D eigenvalue weighted by Crippen LogP contribution is -2.49. The van der Waals surface area contributed by atoms with Crippen LogP contribution in [-0.4, -0.2) is 33.4 Å². The Kier molecular flexibility index (Phi) is 17.5. The molecule has 0 aliphatic rings. The molecule has 0 aliphatic heterocycles. The molecule has 170 valence electrons. The van der Waals surface area contributed by atoms with Crippen LogP contribution in [0.1, 0.15) is 129 Å². The molecule has 5 heteroatoms. The Hall–Kier alpha value is -0.200. The Morgan fingerprint density at radius 1 is 0.571 bits per heavy atom. The summed E-state index contributed by atoms with van der Waals surface area (Å²) in [5.41, 5.74) is 11.0. The number of hydrogen-bond acceptors (Lipinski definition) is 5. The minimum Gasteiger partial charge on any atom is -0.344 e. The number of rotatable bonds is 21. The van der Waals surface area contributed by atoms with Crippen LogP contribution in [0.25, 0.3) is 0 Å². The molecular formula is C23H50N2O3. The van der Waals surface area contributed by atoms with Gasteiger partial charge in [0, 0.05) is 12.0 Å². The highest BCUT2D eigenvalue weighted by atomic mass is 16.7. The monoisotopic (exact) mass is 402 g/mol. The van der Waals surface area contributed by atoms with E-state index in [1.54, 1.807) is 0 Å². The Balaban J connectivity index is 3.45. The number of hydrogen-bond donors (Lipinski definition) is 5. The first-order valence-electron chi connectivity index (χ1n) is 12.0. The molecule has 0 bridgehead atoms. The molecule has 0 aromatic heterocycles. The Morgan fingerprint density at radius 3 is 1.25 bits per heavy atom. The molecule has 7 N–H and O–H groups in total. The van der Waals surface area contributed by atoms with Crippen LogP contribution in [0.15, 0.2) is 0 Å². The fraction of sp³-hybridized carbons (Fsp3) is 1.00. The summed E-state index contributed by atoms with van der Waals surface area (Å²) in [6, 6.07) is 0. The molecule has 0 aromatic rings. The van der Waals surface area contributed by atoms with Gasteiger partial charge in [0.25, 0.3) is 5.97 Å². The summed E-state index contributed by atoms with van der Waals surface area (Å²) in [6.45, 7) is 2.65. The first kappa shape index (κ1) is 27.8. The van der Waals surface area contributed by atoms with Gasteiger partial charge in [-0.15, -0.1) is 0 Å². The molecule has 0 aromatic carbocycles. The topological polar surface area (TPSA) is 113 Å². The van der Waals surface area contributed by atoms with Crippen molar-refractivity contribution in [2.45, 2.75) is 140 Å². The first-order valence-corrected chi connectivity index (χ1v) is 12.0. The van der Waals surface area contributed by atoms with E-state index in [0.717, 1.165) is 12.8 Å². The van der Waals surface area contributed by atoms with E-state index in [2.05, 4.69) is 6.92 Å². The molecular weight excluding hydrogens is 352 g/mol. The molecule has 0 saturated carbocycles. The first-order chi connectivity index (χ1) is 13.3. The second kappa shape index (κ2) is 17.6. The summed E-state index contributed by atoms with van der Waals surface area (Å²) in [6.07, 6.45) is 22.0. The maximum Gasteiger partial charge on any atom is 0.277 e. The smallest absolute Gasteiger partial charge is 0.277 e. The molecule has 0 saturated heterocycles. The van der Waals surface area contributed by atoms with Gasteiger partial charge in [-0.3, -0.25) is 0 Å². The van der Waals surface area contributed by atoms with Gasteiger partial charge in [0.2, 0.25) is 0 Å². The third-order valence-electron chi connectivity index (χ3n) is 5.76. The van der Waals surface area contributed by atoms with E-state index in [-0.39, 0.29) is 6.42 Å². The van der Waals surface area contributed by atoms with Crippen LogP contribution in [0, 0.1) is 0 Å². The molecule has 1 atom stereocenters. The molecule has 5 nitrogen and oxygen atoms in total. The van der Waals surface area contributed by atoms with Crippen LogP contribution in [-0.2, 0) is 0 Å². The zero-order chi connectivity index (χ0) is 21.1. The van der Waals surface area contributed by atoms with Crippen molar-refractivity contribution >= 4 is 0 Å². The molecule has 28 heavy (non-hydrogen) atoms. The number of unbranched alkanes of at least 4 members (excludes halogenated alkanes) is 15. The fourth-order valence-electron chi connectivity index (χ4n) is 4.09. The van der Waals surface area contributed by atoms with E-state index in [1.807, 2.05) is 0 Å². The van der Waals surface area contributed by atoms with E-state index in [0.29, 0.717) is 19.4 Å². The van der Waals surface area contributed by atoms with E-state index < -0.39 is 11.5 Å². The second-order valence-electron chi connectivity index (χ2n) is 8.91. The van der Waals surface area contributed by atoms with E-state index >= 15 is 0 Å². The molecule has 0 radical (unpaired) electrons. The van der Waals surface area contributed by atoms with Crippen molar-refractivity contribution in [1.29, 1.82) is 0 Å². The quantitative estimate of drug-likeness (QED) is 0.141. The third-order valence-corrected chi connectivity index (χ3v) is 5.76. The van der Waals surface area contributed by atoms with Gasteiger partial charge in [0.1, 0.15) is 0 Å². The predicted molar refractivity (Wildman–Crippen MR) is 119 cm³/mol. The van der Waals surface area contributed by atoms with Gasteiger partial charge in [0.05, 0.1) is 0 Å². The van der Waals surface area contributed by atoms with Gasteiger partial charge in [-0.2, -0.15) is 0 Å². The van der Waals surface area contributed by atoms with Crippen LogP contribution < -0.4 is 11.5 Å². The standard InChI is InChI=1S/C23H50N2O3/c1-2-3-4-5-6-7-8-9-10-11-12-13-14-15-16-17-18-22(25,19-20-24)21-23(26,27)28/h26-28H,2-21,24-25H2,1H3. The summed E-state index contributed by atoms with van der Waals surface area (Å²) < 4.78 is 0. The summed E-state index contributed by atoms with van der Waals surface area (Å²) >= 11 is 0. The Morgan fingerprint density at radius 2 is 0.929 bits per heavy atom. The minimum atomic E-state index is -2.71. The summed E-state index contributed by atoms with van der Waals surface area (Å²) in [7, 11) is 0. The number of nitrogens with two attached hydrogens (primary N) is 2. The maximum absolute atomic E-state index is 9.21. The molecule has 0 amide bonds. The second-order valence-corrected chi connectivity index (χ2v) is 8.91. The average molecular weight is 403 g/mol. The third kappa shape index (κ3) is 19.1. The Bertz CT molecular complexity index is 334. The highest BCUT2D eigenvalue weighted by molar-refractivity contribution is 4.86. The minimum absolute atomic E-state index is 0.254. The van der Waals surface area contributed by atoms with Crippen LogP contribution in [0.2, 0.25) is 0 Å². The lowest BCUT2D eigenvalue weighted by Gasteiger charge is -2.32. The predicted octanol–water partition coefficient (Wildman–Crippen LogP) is 4.71. The van der Waals surface area contributed by atoms with E-state index in [1.165, 1.54) is 89.9 Å². The van der Waals surface area contributed by atoms with Crippen molar-refractivity contribution < 1.29 is 15.3 Å². The summed E-state index contributed by atoms with van der Waals surface area (Å²) in [4.78, 5) is 0. The fourth-order valence-corrected chi connectivity index (χ4v) is 4.09. The summed E-state index contributed by atoms with van der Waals surface area (Å²) in [5, 5.41) is 27.6. The van der Waals surface area contributed by atoms with Gasteiger partial charge in [-0.1, -0.05) is 110 Å². The SMILES string of the molecule is CCCCCCCCCCCCCCCCCCC(N)(CCN)CC(O)(O)O. The maximum atomic E-state index is 9.21. The van der Waals surface area contributed by atoms with Crippen molar-refractivity contribution in [1.82, 2.24) is 0 Å². The van der Waals surface area contributed by atoms with Crippen molar-refractivity contribution in [3.8, 4) is 0 Å². The van der Waals surface area contributed by atoms with E-state index in [9.17, 15) is 15.3 Å². The molecule has 1 unspecified atom stereocenters. The molecule has 0 heterocycles. The molecule has 0 spiro atoms. The highest BCUT2D eigenvalue weighted by Crippen LogP contribution is 2.25. The molecule has 0 rings (SSSR count). The van der Waals surface area contributed by atoms with Crippen molar-refractivity contribution in [3.05, 3.63) is 0 Å². The van der Waals surface area contributed by atoms with Crippen LogP contribution in [0.5, 0.6) is 0 Å². The zero-order valence-corrected chi connectivity index (χ0v) is 18.6. The normalized spacial score (nSPS) is 14.4. The zero-order valence-electron chi connectivity index (χ0n) is 18.6. The lowest BCUT2D eigenvalue weighted by atomic mass is 9.85. The van der Waals surface area contributed by atoms with Crippen LogP contribution in [0.3, 0.4) is 0 Å². The summed E-state index contributed by atoms with van der Waals surface area (Å²) in [5.74, 6) is -2.71. The van der Waals surface area contributed by atoms with Gasteiger partial charge in [-0.05, 0) is 19.4 Å². The van der Waals surface area contributed by atoms with Crippen molar-refractivity contribution in [3.63, 3.8) is 0 Å². The van der Waals surface area contributed by atoms with Crippen molar-refractivity contribution in [2.24, 2.45) is 11.5 Å². The van der Waals surface area contributed by atoms with Crippen LogP contribution in [0.4, 0.5) is 0 Å². The van der Waals surface area contributed by atoms with Gasteiger partial charge in [-0.25, -0.2) is 0 Å². The van der Waals surface area contributed by atoms with Gasteiger partial charge < -0.3 is 26.8 Å². The highest BCUT2D eigenvalue weighted by Gasteiger charge is 2.33. The van der Waals surface area contributed by atoms with Crippen LogP contribution >= 0.6 is 0 Å². The average Bonchev–Trinajstić information content (AvgIpc) is 2.60. The van der Waals surface area contributed by atoms with E-state index in [4.69, 9.17) is 11.5 Å². The van der Waals surface area contributed by atoms with Crippen molar-refractivity contribution in [2.75, 3.05) is 6.54 Å². The Labute approximate surface area is 174 Å². The van der Waals surface area contributed by atoms with Gasteiger partial charge in [0.15, 0.2) is 0 Å². The molecule has 0 fully saturated rings. The largest absolute Gasteiger partial charge is 0.344 e. The molecule has 0 aliphatic carbocycles. The lowest BCUT2D eigenvalue weighted by molar-refractivity contribution is -0.321. The number of aliphatic hydroxyl groups is 3. The van der Waals surface area contributed by atoms with Gasteiger partial charge >= 0.3 is 0 Å².